The van der Waals surface area contributed by atoms with Crippen molar-refractivity contribution in [3.05, 3.63) is 39.8 Å². The number of anilines is 2. The molecule has 4 nitrogen and oxygen atoms in total. The van der Waals surface area contributed by atoms with Crippen LogP contribution in [0.3, 0.4) is 0 Å². The van der Waals surface area contributed by atoms with E-state index in [0.29, 0.717) is 0 Å². The van der Waals surface area contributed by atoms with Crippen molar-refractivity contribution in [2.24, 2.45) is 0 Å². The van der Waals surface area contributed by atoms with Gasteiger partial charge in [0.25, 0.3) is 0 Å². The molecule has 1 aromatic heterocycles. The topological polar surface area (TPSA) is 54.0 Å². The summed E-state index contributed by atoms with van der Waals surface area (Å²) < 4.78 is 0. The van der Waals surface area contributed by atoms with Crippen molar-refractivity contribution in [1.82, 2.24) is 4.98 Å². The van der Waals surface area contributed by atoms with Crippen LogP contribution in [-0.2, 0) is 17.8 Å². The molecule has 0 atom stereocenters. The van der Waals surface area contributed by atoms with Crippen LogP contribution < -0.4 is 10.6 Å². The lowest BCUT2D eigenvalue weighted by atomic mass is 10.1. The Balaban J connectivity index is 2.06. The number of nitrogens with one attached hydrogen (secondary N) is 2. The number of thiazole rings is 1. The first-order valence-electron chi connectivity index (χ1n) is 6.64. The minimum Gasteiger partial charge on any atom is -0.380 e. The Hall–Kier alpha value is -1.88. The van der Waals surface area contributed by atoms with Gasteiger partial charge in [0.2, 0.25) is 5.91 Å². The van der Waals surface area contributed by atoms with Gasteiger partial charge in [-0.25, -0.2) is 4.98 Å². The van der Waals surface area contributed by atoms with Crippen LogP contribution in [0.15, 0.2) is 24.4 Å². The molecular weight excluding hydrogens is 270 g/mol. The number of benzene rings is 1. The second kappa shape index (κ2) is 6.52. The Morgan fingerprint density at radius 1 is 1.40 bits per heavy atom. The number of nitrogens with zero attached hydrogens (tertiary/aromatic N) is 1. The maximum Gasteiger partial charge on any atom is 0.221 e. The van der Waals surface area contributed by atoms with Gasteiger partial charge in [-0.3, -0.25) is 4.79 Å². The molecule has 0 radical (unpaired) electrons. The van der Waals surface area contributed by atoms with Crippen LogP contribution in [-0.4, -0.2) is 10.9 Å². The van der Waals surface area contributed by atoms with E-state index in [1.165, 1.54) is 11.8 Å². The number of carbonyl (C=O) groups is 1. The summed E-state index contributed by atoms with van der Waals surface area (Å²) in [6, 6.07) is 5.86. The highest BCUT2D eigenvalue weighted by Crippen LogP contribution is 2.22. The maximum atomic E-state index is 11.1. The van der Waals surface area contributed by atoms with Crippen molar-refractivity contribution in [3.8, 4) is 0 Å². The van der Waals surface area contributed by atoms with E-state index in [4.69, 9.17) is 0 Å². The summed E-state index contributed by atoms with van der Waals surface area (Å²) in [5.41, 5.74) is 2.99. The normalized spacial score (nSPS) is 10.3. The molecule has 2 N–H and O–H groups in total. The average molecular weight is 289 g/mol. The fourth-order valence-corrected chi connectivity index (χ4v) is 2.67. The van der Waals surface area contributed by atoms with Crippen molar-refractivity contribution in [2.75, 3.05) is 10.6 Å². The quantitative estimate of drug-likeness (QED) is 0.884. The predicted molar refractivity (Wildman–Crippen MR) is 84.3 cm³/mol. The molecule has 0 saturated carbocycles. The third kappa shape index (κ3) is 3.81. The van der Waals surface area contributed by atoms with E-state index in [9.17, 15) is 4.79 Å². The summed E-state index contributed by atoms with van der Waals surface area (Å²) >= 11 is 1.73. The van der Waals surface area contributed by atoms with E-state index in [0.717, 1.165) is 34.9 Å². The summed E-state index contributed by atoms with van der Waals surface area (Å²) in [5.74, 6) is -0.0603. The molecule has 0 unspecified atom stereocenters. The van der Waals surface area contributed by atoms with Crippen LogP contribution in [0.2, 0.25) is 0 Å². The van der Waals surface area contributed by atoms with Crippen molar-refractivity contribution >= 4 is 28.6 Å². The fourth-order valence-electron chi connectivity index (χ4n) is 1.87. The van der Waals surface area contributed by atoms with Gasteiger partial charge in [-0.05, 0) is 31.0 Å². The molecule has 1 heterocycles. The first-order valence-corrected chi connectivity index (χ1v) is 7.46. The molecule has 1 amide bonds. The Morgan fingerprint density at radius 3 is 2.85 bits per heavy atom. The highest BCUT2D eigenvalue weighted by Gasteiger charge is 2.04. The van der Waals surface area contributed by atoms with Crippen LogP contribution in [0.1, 0.15) is 29.3 Å². The van der Waals surface area contributed by atoms with Crippen LogP contribution in [0, 0.1) is 6.92 Å². The summed E-state index contributed by atoms with van der Waals surface area (Å²) in [7, 11) is 0. The summed E-state index contributed by atoms with van der Waals surface area (Å²) in [5, 5.41) is 7.35. The maximum absolute atomic E-state index is 11.1. The highest BCUT2D eigenvalue weighted by molar-refractivity contribution is 7.11. The standard InChI is InChI=1S/C15H19N3OS/c1-4-15-17-9-13(20-15)8-16-14-7-12(18-11(3)19)6-5-10(14)2/h5-7,9,16H,4,8H2,1-3H3,(H,18,19). The molecule has 0 bridgehead atoms. The van der Waals surface area contributed by atoms with Crippen LogP contribution in [0.4, 0.5) is 11.4 Å². The van der Waals surface area contributed by atoms with Gasteiger partial charge < -0.3 is 10.6 Å². The van der Waals surface area contributed by atoms with Gasteiger partial charge in [0.05, 0.1) is 11.6 Å². The molecule has 0 aliphatic heterocycles. The van der Waals surface area contributed by atoms with Crippen molar-refractivity contribution < 1.29 is 4.79 Å². The van der Waals surface area contributed by atoms with E-state index in [-0.39, 0.29) is 5.91 Å². The highest BCUT2D eigenvalue weighted by atomic mass is 32.1. The second-order valence-electron chi connectivity index (χ2n) is 4.64. The molecule has 1 aromatic carbocycles. The molecule has 5 heteroatoms. The second-order valence-corrected chi connectivity index (χ2v) is 5.84. The number of carbonyl (C=O) groups excluding carboxylic acids is 1. The molecule has 0 fully saturated rings. The third-order valence-electron chi connectivity index (χ3n) is 2.91. The van der Waals surface area contributed by atoms with Crippen LogP contribution in [0.25, 0.3) is 0 Å². The van der Waals surface area contributed by atoms with Gasteiger partial charge in [-0.2, -0.15) is 0 Å². The Bertz CT molecular complexity index is 607. The zero-order chi connectivity index (χ0) is 14.5. The largest absolute Gasteiger partial charge is 0.380 e. The fraction of sp³-hybridized carbons (Fsp3) is 0.333. The van der Waals surface area contributed by atoms with Crippen molar-refractivity contribution in [3.63, 3.8) is 0 Å². The smallest absolute Gasteiger partial charge is 0.221 e. The van der Waals surface area contributed by atoms with Gasteiger partial charge in [0.1, 0.15) is 0 Å². The van der Waals surface area contributed by atoms with E-state index in [1.54, 1.807) is 11.3 Å². The SMILES string of the molecule is CCc1ncc(CNc2cc(NC(C)=O)ccc2C)s1. The predicted octanol–water partition coefficient (Wildman–Crippen LogP) is 3.58. The monoisotopic (exact) mass is 289 g/mol. The first-order chi connectivity index (χ1) is 9.58. The molecule has 20 heavy (non-hydrogen) atoms. The number of hydrogen-bond acceptors (Lipinski definition) is 4. The number of amides is 1. The van der Waals surface area contributed by atoms with Gasteiger partial charge in [-0.15, -0.1) is 11.3 Å². The summed E-state index contributed by atoms with van der Waals surface area (Å²) in [6.45, 7) is 6.42. The lowest BCUT2D eigenvalue weighted by molar-refractivity contribution is -0.114. The molecule has 2 aromatic rings. The minimum absolute atomic E-state index is 0.0603. The van der Waals surface area contributed by atoms with Gasteiger partial charge in [0.15, 0.2) is 0 Å². The van der Waals surface area contributed by atoms with Crippen LogP contribution in [0.5, 0.6) is 0 Å². The zero-order valence-electron chi connectivity index (χ0n) is 12.0. The van der Waals surface area contributed by atoms with E-state index in [1.807, 2.05) is 31.3 Å². The Labute approximate surface area is 123 Å². The van der Waals surface area contributed by atoms with Gasteiger partial charge >= 0.3 is 0 Å². The number of hydrogen-bond donors (Lipinski definition) is 2. The van der Waals surface area contributed by atoms with Crippen molar-refractivity contribution in [2.45, 2.75) is 33.7 Å². The minimum atomic E-state index is -0.0603. The molecular formula is C15H19N3OS. The van der Waals surface area contributed by atoms with Gasteiger partial charge in [0, 0.05) is 29.4 Å². The van der Waals surface area contributed by atoms with E-state index < -0.39 is 0 Å². The molecule has 0 aliphatic carbocycles. The lowest BCUT2D eigenvalue weighted by Gasteiger charge is -2.11. The molecule has 2 rings (SSSR count). The van der Waals surface area contributed by atoms with Crippen LogP contribution >= 0.6 is 11.3 Å². The number of rotatable bonds is 5. The zero-order valence-corrected chi connectivity index (χ0v) is 12.8. The molecule has 106 valence electrons. The summed E-state index contributed by atoms with van der Waals surface area (Å²) in [4.78, 5) is 16.6. The molecule has 0 saturated heterocycles. The molecule has 0 spiro atoms. The van der Waals surface area contributed by atoms with E-state index >= 15 is 0 Å². The average Bonchev–Trinajstić information content (AvgIpc) is 2.87. The Morgan fingerprint density at radius 2 is 2.20 bits per heavy atom. The lowest BCUT2D eigenvalue weighted by Crippen LogP contribution is -2.07. The summed E-state index contributed by atoms with van der Waals surface area (Å²) in [6.07, 6.45) is 2.89. The van der Waals surface area contributed by atoms with Gasteiger partial charge in [-0.1, -0.05) is 13.0 Å². The Kier molecular flexibility index (Phi) is 4.74. The third-order valence-corrected chi connectivity index (χ3v) is 4.06. The molecule has 0 aliphatic rings. The number of aromatic nitrogens is 1. The first kappa shape index (κ1) is 14.5. The van der Waals surface area contributed by atoms with Crippen molar-refractivity contribution in [1.29, 1.82) is 0 Å². The number of aryl methyl sites for hydroxylation is 2. The van der Waals surface area contributed by atoms with E-state index in [2.05, 4.69) is 22.5 Å².